The molecule has 0 aliphatic carbocycles. The Morgan fingerprint density at radius 3 is 1.64 bits per heavy atom. The molecule has 0 aliphatic heterocycles. The molecule has 0 saturated carbocycles. The van der Waals surface area contributed by atoms with Crippen LogP contribution in [0, 0.1) is 5.92 Å². The van der Waals surface area contributed by atoms with Gasteiger partial charge in [0.15, 0.2) is 0 Å². The van der Waals surface area contributed by atoms with E-state index in [2.05, 4.69) is 33.8 Å². The molecule has 0 aromatic heterocycles. The first-order valence-electron chi connectivity index (χ1n) is 4.05. The highest BCUT2D eigenvalue weighted by Crippen LogP contribution is 2.10. The van der Waals surface area contributed by atoms with Crippen molar-refractivity contribution in [2.75, 3.05) is 0 Å². The van der Waals surface area contributed by atoms with E-state index in [1.54, 1.807) is 0 Å². The van der Waals surface area contributed by atoms with E-state index < -0.39 is 0 Å². The van der Waals surface area contributed by atoms with E-state index in [1.165, 1.54) is 18.4 Å². The van der Waals surface area contributed by atoms with Gasteiger partial charge in [-0.15, -0.1) is 0 Å². The molecule has 0 rings (SSSR count). The van der Waals surface area contributed by atoms with Gasteiger partial charge < -0.3 is 0 Å². The maximum atomic E-state index is 6.00. The van der Waals surface area contributed by atoms with E-state index in [4.69, 9.17) is 10.5 Å². The van der Waals surface area contributed by atoms with Gasteiger partial charge in [-0.3, -0.25) is 10.5 Å². The zero-order chi connectivity index (χ0) is 9.28. The van der Waals surface area contributed by atoms with E-state index >= 15 is 0 Å². The Morgan fingerprint density at radius 2 is 1.55 bits per heavy atom. The van der Waals surface area contributed by atoms with Crippen molar-refractivity contribution in [1.29, 1.82) is 0 Å². The van der Waals surface area contributed by atoms with Gasteiger partial charge in [-0.2, -0.15) is 0 Å². The Bertz CT molecular complexity index is 89.7. The second kappa shape index (κ2) is 9.66. The van der Waals surface area contributed by atoms with E-state index in [1.807, 2.05) is 0 Å². The van der Waals surface area contributed by atoms with Crippen molar-refractivity contribution in [2.45, 2.75) is 40.5 Å². The normalized spacial score (nSPS) is 8.64. The highest BCUT2D eigenvalue weighted by atomic mass is 17.0. The maximum Gasteiger partial charge on any atom is -0.0236 e. The fourth-order valence-electron chi connectivity index (χ4n) is 0.996. The molecule has 0 aromatic rings. The molecule has 2 nitrogen and oxygen atoms in total. The summed E-state index contributed by atoms with van der Waals surface area (Å²) in [5.41, 5.74) is 1.45. The van der Waals surface area contributed by atoms with Crippen molar-refractivity contribution in [3.8, 4) is 0 Å². The van der Waals surface area contributed by atoms with Gasteiger partial charge in [-0.1, -0.05) is 25.5 Å². The van der Waals surface area contributed by atoms with Crippen LogP contribution in [0.1, 0.15) is 40.5 Å². The molecule has 2 heteroatoms. The number of allylic oxidation sites excluding steroid dienone is 2. The summed E-state index contributed by atoms with van der Waals surface area (Å²) >= 11 is 0. The largest absolute Gasteiger partial charge is 0.255 e. The summed E-state index contributed by atoms with van der Waals surface area (Å²) in [4.78, 5) is 0. The van der Waals surface area contributed by atoms with Crippen LogP contribution < -0.4 is 0 Å². The molecule has 0 spiro atoms. The van der Waals surface area contributed by atoms with Gasteiger partial charge in [0.1, 0.15) is 0 Å². The molecule has 0 saturated heterocycles. The van der Waals surface area contributed by atoms with Crippen LogP contribution in [0.15, 0.2) is 11.6 Å². The van der Waals surface area contributed by atoms with Crippen molar-refractivity contribution in [3.05, 3.63) is 11.6 Å². The summed E-state index contributed by atoms with van der Waals surface area (Å²) in [5, 5.41) is 12.0. The summed E-state index contributed by atoms with van der Waals surface area (Å²) in [6.45, 7) is 8.82. The molecule has 0 aliphatic rings. The van der Waals surface area contributed by atoms with Crippen molar-refractivity contribution >= 4 is 0 Å². The number of rotatable bonds is 3. The Morgan fingerprint density at radius 1 is 1.18 bits per heavy atom. The first-order valence-corrected chi connectivity index (χ1v) is 4.05. The lowest BCUT2D eigenvalue weighted by Crippen LogP contribution is -1.90. The zero-order valence-corrected chi connectivity index (χ0v) is 7.96. The minimum atomic E-state index is 0.815. The van der Waals surface area contributed by atoms with Crippen LogP contribution in [0.4, 0.5) is 0 Å². The fourth-order valence-corrected chi connectivity index (χ4v) is 0.996. The van der Waals surface area contributed by atoms with Gasteiger partial charge in [0, 0.05) is 0 Å². The van der Waals surface area contributed by atoms with E-state index in [0.717, 1.165) is 5.92 Å². The van der Waals surface area contributed by atoms with Gasteiger partial charge >= 0.3 is 0 Å². The summed E-state index contributed by atoms with van der Waals surface area (Å²) in [6.07, 6.45) is 4.92. The van der Waals surface area contributed by atoms with Crippen LogP contribution in [-0.4, -0.2) is 10.5 Å². The lowest BCUT2D eigenvalue weighted by Gasteiger charge is -2.05. The molecule has 0 atom stereocenters. The first kappa shape index (κ1) is 13.3. The van der Waals surface area contributed by atoms with Crippen molar-refractivity contribution in [3.63, 3.8) is 0 Å². The molecule has 68 valence electrons. The Kier molecular flexibility index (Phi) is 11.6. The predicted molar refractivity (Wildman–Crippen MR) is 48.8 cm³/mol. The molecule has 0 radical (unpaired) electrons. The van der Waals surface area contributed by atoms with Crippen LogP contribution >= 0.6 is 0 Å². The zero-order valence-electron chi connectivity index (χ0n) is 7.96. The summed E-state index contributed by atoms with van der Waals surface area (Å²) < 4.78 is 0. The molecule has 0 fully saturated rings. The van der Waals surface area contributed by atoms with Gasteiger partial charge in [-0.05, 0) is 32.6 Å². The van der Waals surface area contributed by atoms with E-state index in [9.17, 15) is 0 Å². The smallest absolute Gasteiger partial charge is 0.0236 e. The minimum absolute atomic E-state index is 0.815. The van der Waals surface area contributed by atoms with Crippen LogP contribution in [0.25, 0.3) is 0 Å². The second-order valence-corrected chi connectivity index (χ2v) is 2.82. The lowest BCUT2D eigenvalue weighted by molar-refractivity contribution is -0.176. The average molecular weight is 160 g/mol. The molecule has 2 N–H and O–H groups in total. The van der Waals surface area contributed by atoms with E-state index in [0.29, 0.717) is 0 Å². The standard InChI is InChI=1S/C9H18.H2O2/c1-5-9(6-2)7-8(3)4;1-2/h7,9H,5-6H2,1-4H3;1-2H. The summed E-state index contributed by atoms with van der Waals surface area (Å²) in [5.74, 6) is 0.815. The molecule has 0 bridgehead atoms. The summed E-state index contributed by atoms with van der Waals surface area (Å²) in [6, 6.07) is 0. The Hall–Kier alpha value is -0.340. The number of hydrogen-bond donors (Lipinski definition) is 2. The van der Waals surface area contributed by atoms with Crippen molar-refractivity contribution in [1.82, 2.24) is 0 Å². The van der Waals surface area contributed by atoms with Gasteiger partial charge in [0.2, 0.25) is 0 Å². The molecule has 0 aromatic carbocycles. The minimum Gasteiger partial charge on any atom is -0.255 e. The molecular weight excluding hydrogens is 140 g/mol. The lowest BCUT2D eigenvalue weighted by atomic mass is 10.0. The highest BCUT2D eigenvalue weighted by Gasteiger charge is 1.96. The SMILES string of the molecule is CCC(C=C(C)C)CC.OO. The second-order valence-electron chi connectivity index (χ2n) is 2.82. The quantitative estimate of drug-likeness (QED) is 0.377. The Balaban J connectivity index is 0. The fraction of sp³-hybridized carbons (Fsp3) is 0.778. The molecule has 0 heterocycles. The topological polar surface area (TPSA) is 40.5 Å². The molecule has 0 unspecified atom stereocenters. The van der Waals surface area contributed by atoms with Crippen molar-refractivity contribution < 1.29 is 10.5 Å². The third kappa shape index (κ3) is 9.66. The predicted octanol–water partition coefficient (Wildman–Crippen LogP) is 3.41. The number of hydrogen-bond acceptors (Lipinski definition) is 2. The van der Waals surface area contributed by atoms with E-state index in [-0.39, 0.29) is 0 Å². The third-order valence-electron chi connectivity index (χ3n) is 1.62. The third-order valence-corrected chi connectivity index (χ3v) is 1.62. The van der Waals surface area contributed by atoms with Gasteiger partial charge in [-0.25, -0.2) is 0 Å². The van der Waals surface area contributed by atoms with Crippen LogP contribution in [0.2, 0.25) is 0 Å². The maximum absolute atomic E-state index is 6.00. The van der Waals surface area contributed by atoms with Crippen LogP contribution in [0.3, 0.4) is 0 Å². The molecule has 0 amide bonds. The van der Waals surface area contributed by atoms with Crippen LogP contribution in [0.5, 0.6) is 0 Å². The van der Waals surface area contributed by atoms with Crippen LogP contribution in [-0.2, 0) is 0 Å². The van der Waals surface area contributed by atoms with Gasteiger partial charge in [0.05, 0.1) is 0 Å². The first-order chi connectivity index (χ1) is 5.20. The molecule has 11 heavy (non-hydrogen) atoms. The highest BCUT2D eigenvalue weighted by molar-refractivity contribution is 4.96. The van der Waals surface area contributed by atoms with Gasteiger partial charge in [0.25, 0.3) is 0 Å². The average Bonchev–Trinajstić information content (AvgIpc) is 2.03. The monoisotopic (exact) mass is 160 g/mol. The molecular formula is C9H20O2. The summed E-state index contributed by atoms with van der Waals surface area (Å²) in [7, 11) is 0. The van der Waals surface area contributed by atoms with Crippen molar-refractivity contribution in [2.24, 2.45) is 5.92 Å². The Labute approximate surface area is 69.5 Å².